The summed E-state index contributed by atoms with van der Waals surface area (Å²) in [6.07, 6.45) is 3.28. The van der Waals surface area contributed by atoms with Crippen LogP contribution in [0.1, 0.15) is 25.3 Å². The number of benzene rings is 3. The Labute approximate surface area is 230 Å². The molecule has 0 fully saturated rings. The first-order valence-electron chi connectivity index (χ1n) is 11.7. The second kappa shape index (κ2) is 14.6. The van der Waals surface area contributed by atoms with Gasteiger partial charge in [-0.2, -0.15) is 5.10 Å². The highest BCUT2D eigenvalue weighted by atomic mass is 35.5. The van der Waals surface area contributed by atoms with Crippen molar-refractivity contribution in [3.05, 3.63) is 82.3 Å². The average molecular weight is 557 g/mol. The molecule has 11 heteroatoms. The van der Waals surface area contributed by atoms with Gasteiger partial charge in [-0.25, -0.2) is 5.43 Å². The standard InChI is InChI=1S/C27H26Cl2N4O5/c1-2-3-15-37-20-13-11-19(12-14-20)31-26(35)27(36)33-30-16-18-7-4-5-10-23(18)38-17-24(34)32-22-9-6-8-21(28)25(22)29/h4-14,16H,2-3,15,17H2,1H3,(H,31,35)(H,32,34)(H,33,36)/b30-16-. The number of nitrogens with one attached hydrogen (secondary N) is 3. The van der Waals surface area contributed by atoms with Gasteiger partial charge in [-0.15, -0.1) is 0 Å². The van der Waals surface area contributed by atoms with Crippen LogP contribution in [0.5, 0.6) is 11.5 Å². The minimum Gasteiger partial charge on any atom is -0.494 e. The first kappa shape index (κ1) is 28.5. The largest absolute Gasteiger partial charge is 0.494 e. The van der Waals surface area contributed by atoms with Gasteiger partial charge in [0.2, 0.25) is 0 Å². The van der Waals surface area contributed by atoms with Crippen LogP contribution in [-0.4, -0.2) is 37.1 Å². The number of rotatable bonds is 11. The zero-order valence-electron chi connectivity index (χ0n) is 20.5. The SMILES string of the molecule is CCCCOc1ccc(NC(=O)C(=O)N/N=C\c2ccccc2OCC(=O)Nc2cccc(Cl)c2Cl)cc1. The van der Waals surface area contributed by atoms with Gasteiger partial charge in [0.15, 0.2) is 6.61 Å². The molecule has 3 aromatic rings. The summed E-state index contributed by atoms with van der Waals surface area (Å²) in [6, 6.07) is 18.3. The van der Waals surface area contributed by atoms with Crippen molar-refractivity contribution in [2.45, 2.75) is 19.8 Å². The minimum atomic E-state index is -0.958. The number of carbonyl (C=O) groups is 3. The van der Waals surface area contributed by atoms with Crippen molar-refractivity contribution in [3.63, 3.8) is 0 Å². The molecular formula is C27H26Cl2N4O5. The summed E-state index contributed by atoms with van der Waals surface area (Å²) in [7, 11) is 0. The number of para-hydroxylation sites is 1. The molecule has 0 unspecified atom stereocenters. The van der Waals surface area contributed by atoms with Crippen molar-refractivity contribution in [3.8, 4) is 11.5 Å². The van der Waals surface area contributed by atoms with E-state index in [2.05, 4.69) is 28.1 Å². The molecule has 0 bridgehead atoms. The zero-order chi connectivity index (χ0) is 27.3. The number of ether oxygens (including phenoxy) is 2. The monoisotopic (exact) mass is 556 g/mol. The Bertz CT molecular complexity index is 1300. The van der Waals surface area contributed by atoms with Crippen molar-refractivity contribution >= 4 is 58.5 Å². The van der Waals surface area contributed by atoms with Gasteiger partial charge in [-0.05, 0) is 55.0 Å². The molecule has 0 spiro atoms. The molecule has 0 aliphatic rings. The van der Waals surface area contributed by atoms with Gasteiger partial charge in [0, 0.05) is 11.3 Å². The Kier molecular flexibility index (Phi) is 11.0. The highest BCUT2D eigenvalue weighted by molar-refractivity contribution is 6.44. The van der Waals surface area contributed by atoms with Gasteiger partial charge in [0.05, 0.1) is 28.6 Å². The van der Waals surface area contributed by atoms with Crippen LogP contribution in [0.4, 0.5) is 11.4 Å². The van der Waals surface area contributed by atoms with Gasteiger partial charge in [-0.1, -0.05) is 54.7 Å². The summed E-state index contributed by atoms with van der Waals surface area (Å²) in [4.78, 5) is 36.6. The van der Waals surface area contributed by atoms with Crippen LogP contribution in [0.15, 0.2) is 71.8 Å². The zero-order valence-corrected chi connectivity index (χ0v) is 22.0. The molecule has 0 heterocycles. The number of carbonyl (C=O) groups excluding carboxylic acids is 3. The summed E-state index contributed by atoms with van der Waals surface area (Å²) in [5.74, 6) is -1.28. The van der Waals surface area contributed by atoms with E-state index in [1.165, 1.54) is 6.21 Å². The maximum atomic E-state index is 12.3. The lowest BCUT2D eigenvalue weighted by atomic mass is 10.2. The normalized spacial score (nSPS) is 10.6. The Morgan fingerprint density at radius 2 is 1.66 bits per heavy atom. The van der Waals surface area contributed by atoms with Crippen LogP contribution in [0.2, 0.25) is 10.0 Å². The number of nitrogens with zero attached hydrogens (tertiary/aromatic N) is 1. The van der Waals surface area contributed by atoms with E-state index in [-0.39, 0.29) is 11.6 Å². The topological polar surface area (TPSA) is 118 Å². The quantitative estimate of drug-likeness (QED) is 0.128. The number of hydrogen-bond donors (Lipinski definition) is 3. The molecule has 0 radical (unpaired) electrons. The second-order valence-corrected chi connectivity index (χ2v) is 8.64. The molecule has 3 rings (SSSR count). The molecule has 198 valence electrons. The van der Waals surface area contributed by atoms with Gasteiger partial charge >= 0.3 is 11.8 Å². The Hall–Kier alpha value is -4.08. The summed E-state index contributed by atoms with van der Waals surface area (Å²) in [6.45, 7) is 2.37. The van der Waals surface area contributed by atoms with Crippen LogP contribution in [0, 0.1) is 0 Å². The maximum absolute atomic E-state index is 12.3. The summed E-state index contributed by atoms with van der Waals surface area (Å²) >= 11 is 12.0. The minimum absolute atomic E-state index is 0.225. The maximum Gasteiger partial charge on any atom is 0.329 e. The molecule has 0 aromatic heterocycles. The van der Waals surface area contributed by atoms with Crippen LogP contribution in [0.25, 0.3) is 0 Å². The number of halogens is 2. The Morgan fingerprint density at radius 3 is 2.42 bits per heavy atom. The third-order valence-electron chi connectivity index (χ3n) is 4.96. The number of hydrazone groups is 1. The molecule has 0 aliphatic carbocycles. The van der Waals surface area contributed by atoms with E-state index in [0.29, 0.717) is 40.1 Å². The van der Waals surface area contributed by atoms with E-state index in [1.54, 1.807) is 66.7 Å². The van der Waals surface area contributed by atoms with E-state index in [0.717, 1.165) is 12.8 Å². The molecule has 3 N–H and O–H groups in total. The van der Waals surface area contributed by atoms with Gasteiger partial charge < -0.3 is 20.1 Å². The first-order chi connectivity index (χ1) is 18.4. The summed E-state index contributed by atoms with van der Waals surface area (Å²) < 4.78 is 11.2. The number of anilines is 2. The first-order valence-corrected chi connectivity index (χ1v) is 12.5. The predicted molar refractivity (Wildman–Crippen MR) is 148 cm³/mol. The van der Waals surface area contributed by atoms with Crippen molar-refractivity contribution in [1.29, 1.82) is 0 Å². The fraction of sp³-hybridized carbons (Fsp3) is 0.185. The van der Waals surface area contributed by atoms with Crippen LogP contribution >= 0.6 is 23.2 Å². The van der Waals surface area contributed by atoms with Crippen LogP contribution in [-0.2, 0) is 14.4 Å². The molecule has 3 amide bonds. The van der Waals surface area contributed by atoms with Crippen molar-refractivity contribution in [2.75, 3.05) is 23.8 Å². The smallest absolute Gasteiger partial charge is 0.329 e. The Morgan fingerprint density at radius 1 is 0.895 bits per heavy atom. The lowest BCUT2D eigenvalue weighted by Crippen LogP contribution is -2.32. The van der Waals surface area contributed by atoms with E-state index in [1.807, 2.05) is 0 Å². The summed E-state index contributed by atoms with van der Waals surface area (Å²) in [5.41, 5.74) is 3.44. The molecule has 3 aromatic carbocycles. The molecule has 38 heavy (non-hydrogen) atoms. The highest BCUT2D eigenvalue weighted by Gasteiger charge is 2.13. The average Bonchev–Trinajstić information content (AvgIpc) is 2.91. The molecule has 0 atom stereocenters. The van der Waals surface area contributed by atoms with Crippen LogP contribution < -0.4 is 25.5 Å². The Balaban J connectivity index is 1.49. The molecular weight excluding hydrogens is 531 g/mol. The molecule has 0 saturated heterocycles. The summed E-state index contributed by atoms with van der Waals surface area (Å²) in [5, 5.41) is 9.47. The van der Waals surface area contributed by atoms with Crippen molar-refractivity contribution in [1.82, 2.24) is 5.43 Å². The van der Waals surface area contributed by atoms with E-state index >= 15 is 0 Å². The number of unbranched alkanes of at least 4 members (excludes halogenated alkanes) is 1. The lowest BCUT2D eigenvalue weighted by Gasteiger charge is -2.11. The fourth-order valence-electron chi connectivity index (χ4n) is 3.02. The number of amides is 3. The molecule has 9 nitrogen and oxygen atoms in total. The molecule has 0 aliphatic heterocycles. The van der Waals surface area contributed by atoms with Gasteiger partial charge in [0.25, 0.3) is 5.91 Å². The van der Waals surface area contributed by atoms with E-state index in [9.17, 15) is 14.4 Å². The number of hydrogen-bond acceptors (Lipinski definition) is 6. The second-order valence-electron chi connectivity index (χ2n) is 7.86. The third kappa shape index (κ3) is 8.79. The van der Waals surface area contributed by atoms with Gasteiger partial charge in [0.1, 0.15) is 11.5 Å². The van der Waals surface area contributed by atoms with Gasteiger partial charge in [-0.3, -0.25) is 14.4 Å². The van der Waals surface area contributed by atoms with Crippen molar-refractivity contribution in [2.24, 2.45) is 5.10 Å². The molecule has 0 saturated carbocycles. The fourth-order valence-corrected chi connectivity index (χ4v) is 3.36. The van der Waals surface area contributed by atoms with E-state index in [4.69, 9.17) is 32.7 Å². The van der Waals surface area contributed by atoms with Crippen LogP contribution in [0.3, 0.4) is 0 Å². The van der Waals surface area contributed by atoms with E-state index < -0.39 is 17.7 Å². The third-order valence-corrected chi connectivity index (χ3v) is 5.78. The predicted octanol–water partition coefficient (Wildman–Crippen LogP) is 5.28. The lowest BCUT2D eigenvalue weighted by molar-refractivity contribution is -0.136. The van der Waals surface area contributed by atoms with Crippen molar-refractivity contribution < 1.29 is 23.9 Å². The highest BCUT2D eigenvalue weighted by Crippen LogP contribution is 2.29.